The number of hydrogen-bond acceptors (Lipinski definition) is 4. The number of carbonyl (C=O) groups excluding carboxylic acids is 1. The SMILES string of the molecule is CCN(C)C(=O)CNc1ccc2c(c1)OCO2. The molecule has 17 heavy (non-hydrogen) atoms. The van der Waals surface area contributed by atoms with Gasteiger partial charge in [0.2, 0.25) is 12.7 Å². The summed E-state index contributed by atoms with van der Waals surface area (Å²) in [5.74, 6) is 1.52. The number of rotatable bonds is 4. The first-order chi connectivity index (χ1) is 8.20. The quantitative estimate of drug-likeness (QED) is 0.856. The molecule has 1 N–H and O–H groups in total. The van der Waals surface area contributed by atoms with Gasteiger partial charge in [0.05, 0.1) is 6.54 Å². The highest BCUT2D eigenvalue weighted by atomic mass is 16.7. The Labute approximate surface area is 100 Å². The van der Waals surface area contributed by atoms with Gasteiger partial charge in [-0.1, -0.05) is 0 Å². The van der Waals surface area contributed by atoms with Crippen molar-refractivity contribution in [1.82, 2.24) is 4.90 Å². The summed E-state index contributed by atoms with van der Waals surface area (Å²) in [7, 11) is 1.78. The van der Waals surface area contributed by atoms with Crippen LogP contribution in [0.5, 0.6) is 11.5 Å². The predicted octanol–water partition coefficient (Wildman–Crippen LogP) is 1.31. The molecule has 0 radical (unpaired) electrons. The maximum absolute atomic E-state index is 11.6. The lowest BCUT2D eigenvalue weighted by atomic mass is 10.3. The Bertz CT molecular complexity index is 420. The van der Waals surface area contributed by atoms with Crippen LogP contribution in [0.3, 0.4) is 0 Å². The molecule has 0 unspecified atom stereocenters. The predicted molar refractivity (Wildman–Crippen MR) is 64.4 cm³/mol. The van der Waals surface area contributed by atoms with E-state index in [0.29, 0.717) is 12.3 Å². The molecule has 0 fully saturated rings. The van der Waals surface area contributed by atoms with Gasteiger partial charge in [-0.2, -0.15) is 0 Å². The Morgan fingerprint density at radius 3 is 2.94 bits per heavy atom. The topological polar surface area (TPSA) is 50.8 Å². The highest BCUT2D eigenvalue weighted by Crippen LogP contribution is 2.34. The van der Waals surface area contributed by atoms with Gasteiger partial charge in [0, 0.05) is 25.3 Å². The Kier molecular flexibility index (Phi) is 3.37. The van der Waals surface area contributed by atoms with Crippen molar-refractivity contribution in [3.05, 3.63) is 18.2 Å². The number of carbonyl (C=O) groups is 1. The highest BCUT2D eigenvalue weighted by molar-refractivity contribution is 5.80. The third kappa shape index (κ3) is 2.61. The number of likely N-dealkylation sites (N-methyl/N-ethyl adjacent to an activating group) is 1. The lowest BCUT2D eigenvalue weighted by Crippen LogP contribution is -2.31. The van der Waals surface area contributed by atoms with E-state index in [0.717, 1.165) is 11.4 Å². The van der Waals surface area contributed by atoms with Gasteiger partial charge in [-0.15, -0.1) is 0 Å². The summed E-state index contributed by atoms with van der Waals surface area (Å²) in [5, 5.41) is 3.06. The second-order valence-corrected chi connectivity index (χ2v) is 3.83. The van der Waals surface area contributed by atoms with Crippen LogP contribution in [0.1, 0.15) is 6.92 Å². The van der Waals surface area contributed by atoms with E-state index in [2.05, 4.69) is 5.32 Å². The van der Waals surface area contributed by atoms with Crippen molar-refractivity contribution in [2.75, 3.05) is 32.2 Å². The average molecular weight is 236 g/mol. The van der Waals surface area contributed by atoms with Crippen LogP contribution >= 0.6 is 0 Å². The summed E-state index contributed by atoms with van der Waals surface area (Å²) >= 11 is 0. The number of amides is 1. The highest BCUT2D eigenvalue weighted by Gasteiger charge is 2.13. The van der Waals surface area contributed by atoms with E-state index in [1.165, 1.54) is 0 Å². The van der Waals surface area contributed by atoms with Crippen LogP contribution in [0.2, 0.25) is 0 Å². The fourth-order valence-corrected chi connectivity index (χ4v) is 1.50. The van der Waals surface area contributed by atoms with Gasteiger partial charge in [-0.25, -0.2) is 0 Å². The molecule has 0 saturated carbocycles. The number of fused-ring (bicyclic) bond motifs is 1. The van der Waals surface area contributed by atoms with E-state index in [1.54, 1.807) is 11.9 Å². The van der Waals surface area contributed by atoms with Crippen LogP contribution in [0, 0.1) is 0 Å². The zero-order chi connectivity index (χ0) is 12.3. The minimum absolute atomic E-state index is 0.0603. The first kappa shape index (κ1) is 11.6. The van der Waals surface area contributed by atoms with Crippen molar-refractivity contribution >= 4 is 11.6 Å². The molecule has 0 atom stereocenters. The number of nitrogens with one attached hydrogen (secondary N) is 1. The molecule has 1 aliphatic heterocycles. The van der Waals surface area contributed by atoms with Crippen molar-refractivity contribution in [2.45, 2.75) is 6.92 Å². The largest absolute Gasteiger partial charge is 0.454 e. The van der Waals surface area contributed by atoms with Crippen molar-refractivity contribution in [3.8, 4) is 11.5 Å². The third-order valence-electron chi connectivity index (χ3n) is 2.72. The fourth-order valence-electron chi connectivity index (χ4n) is 1.50. The van der Waals surface area contributed by atoms with E-state index in [9.17, 15) is 4.79 Å². The minimum atomic E-state index is 0.0603. The smallest absolute Gasteiger partial charge is 0.241 e. The maximum Gasteiger partial charge on any atom is 0.241 e. The summed E-state index contributed by atoms with van der Waals surface area (Å²) in [6, 6.07) is 5.53. The molecule has 5 nitrogen and oxygen atoms in total. The Morgan fingerprint density at radius 2 is 2.18 bits per heavy atom. The zero-order valence-corrected chi connectivity index (χ0v) is 10.0. The average Bonchev–Trinajstić information content (AvgIpc) is 2.82. The summed E-state index contributed by atoms with van der Waals surface area (Å²) in [6.45, 7) is 3.19. The van der Waals surface area contributed by atoms with Crippen LogP contribution in [0.4, 0.5) is 5.69 Å². The fraction of sp³-hybridized carbons (Fsp3) is 0.417. The van der Waals surface area contributed by atoms with Crippen LogP contribution in [-0.4, -0.2) is 37.7 Å². The minimum Gasteiger partial charge on any atom is -0.454 e. The van der Waals surface area contributed by atoms with Crippen molar-refractivity contribution in [1.29, 1.82) is 0 Å². The van der Waals surface area contributed by atoms with Crippen molar-refractivity contribution < 1.29 is 14.3 Å². The molecular formula is C12H16N2O3. The number of ether oxygens (including phenoxy) is 2. The lowest BCUT2D eigenvalue weighted by Gasteiger charge is -2.15. The Balaban J connectivity index is 1.93. The molecule has 0 saturated heterocycles. The van der Waals surface area contributed by atoms with Crippen molar-refractivity contribution in [2.24, 2.45) is 0 Å². The van der Waals surface area contributed by atoms with Gasteiger partial charge in [0.25, 0.3) is 0 Å². The molecule has 1 aliphatic rings. The summed E-state index contributed by atoms with van der Waals surface area (Å²) in [5.41, 5.74) is 0.854. The molecule has 92 valence electrons. The van der Waals surface area contributed by atoms with Crippen LogP contribution < -0.4 is 14.8 Å². The lowest BCUT2D eigenvalue weighted by molar-refractivity contribution is -0.127. The van der Waals surface area contributed by atoms with Crippen LogP contribution in [-0.2, 0) is 4.79 Å². The molecule has 1 aromatic carbocycles. The van der Waals surface area contributed by atoms with Gasteiger partial charge in [-0.05, 0) is 19.1 Å². The molecule has 0 spiro atoms. The van der Waals surface area contributed by atoms with Crippen molar-refractivity contribution in [3.63, 3.8) is 0 Å². The standard InChI is InChI=1S/C12H16N2O3/c1-3-14(2)12(15)7-13-9-4-5-10-11(6-9)17-8-16-10/h4-6,13H,3,7-8H2,1-2H3. The van der Waals surface area contributed by atoms with Crippen LogP contribution in [0.25, 0.3) is 0 Å². The molecule has 1 aromatic rings. The monoisotopic (exact) mass is 236 g/mol. The number of benzene rings is 1. The van der Waals surface area contributed by atoms with Crippen LogP contribution in [0.15, 0.2) is 18.2 Å². The van der Waals surface area contributed by atoms with E-state index in [-0.39, 0.29) is 19.2 Å². The van der Waals surface area contributed by atoms with E-state index in [1.807, 2.05) is 25.1 Å². The number of nitrogens with zero attached hydrogens (tertiary/aromatic N) is 1. The third-order valence-corrected chi connectivity index (χ3v) is 2.72. The second-order valence-electron chi connectivity index (χ2n) is 3.83. The molecule has 0 aliphatic carbocycles. The van der Waals surface area contributed by atoms with E-state index in [4.69, 9.17) is 9.47 Å². The van der Waals surface area contributed by atoms with Gasteiger partial charge in [0.1, 0.15) is 0 Å². The molecule has 2 rings (SSSR count). The molecule has 1 heterocycles. The molecule has 5 heteroatoms. The summed E-state index contributed by atoms with van der Waals surface area (Å²) in [6.07, 6.45) is 0. The summed E-state index contributed by atoms with van der Waals surface area (Å²) in [4.78, 5) is 13.3. The molecule has 1 amide bonds. The normalized spacial score (nSPS) is 12.4. The van der Waals surface area contributed by atoms with E-state index < -0.39 is 0 Å². The number of anilines is 1. The Morgan fingerprint density at radius 1 is 1.41 bits per heavy atom. The first-order valence-corrected chi connectivity index (χ1v) is 5.58. The zero-order valence-electron chi connectivity index (χ0n) is 10.0. The first-order valence-electron chi connectivity index (χ1n) is 5.58. The second kappa shape index (κ2) is 4.95. The molecule has 0 aromatic heterocycles. The summed E-state index contributed by atoms with van der Waals surface area (Å²) < 4.78 is 10.5. The van der Waals surface area contributed by atoms with E-state index >= 15 is 0 Å². The Hall–Kier alpha value is -1.91. The molecule has 0 bridgehead atoms. The molecular weight excluding hydrogens is 220 g/mol. The van der Waals surface area contributed by atoms with Gasteiger partial charge in [0.15, 0.2) is 11.5 Å². The maximum atomic E-state index is 11.6. The number of hydrogen-bond donors (Lipinski definition) is 1. The van der Waals surface area contributed by atoms with Gasteiger partial charge in [-0.3, -0.25) is 4.79 Å². The van der Waals surface area contributed by atoms with Gasteiger partial charge < -0.3 is 19.7 Å². The van der Waals surface area contributed by atoms with Gasteiger partial charge >= 0.3 is 0 Å².